The second-order valence-corrected chi connectivity index (χ2v) is 5.86. The zero-order valence-corrected chi connectivity index (χ0v) is 14.4. The summed E-state index contributed by atoms with van der Waals surface area (Å²) in [6, 6.07) is 7.13. The molecule has 3 rings (SSSR count). The van der Waals surface area contributed by atoms with Crippen molar-refractivity contribution in [2.75, 3.05) is 11.1 Å². The van der Waals surface area contributed by atoms with E-state index in [9.17, 15) is 13.2 Å². The molecule has 0 unspecified atom stereocenters. The van der Waals surface area contributed by atoms with Crippen LogP contribution in [0.5, 0.6) is 11.5 Å². The molecule has 0 spiro atoms. The topological polar surface area (TPSA) is 86.0 Å². The molecule has 0 aliphatic rings. The Morgan fingerprint density at radius 1 is 1.04 bits per heavy atom. The van der Waals surface area contributed by atoms with E-state index in [2.05, 4.69) is 20.3 Å². The lowest BCUT2D eigenvalue weighted by atomic mass is 10.2. The number of hydrogen-bond donors (Lipinski definition) is 2. The summed E-state index contributed by atoms with van der Waals surface area (Å²) >= 11 is 5.85. The van der Waals surface area contributed by atoms with Crippen LogP contribution < -0.4 is 15.8 Å². The van der Waals surface area contributed by atoms with Crippen molar-refractivity contribution in [1.82, 2.24) is 15.0 Å². The Labute approximate surface area is 157 Å². The van der Waals surface area contributed by atoms with E-state index in [-0.39, 0.29) is 12.4 Å². The van der Waals surface area contributed by atoms with Crippen LogP contribution in [-0.2, 0) is 12.7 Å². The normalized spacial score (nSPS) is 11.3. The number of ether oxygens (including phenoxy) is 1. The highest BCUT2D eigenvalue weighted by molar-refractivity contribution is 6.30. The molecule has 0 amide bonds. The molecule has 0 bridgehead atoms. The lowest BCUT2D eigenvalue weighted by Crippen LogP contribution is -2.08. The van der Waals surface area contributed by atoms with Crippen LogP contribution in [0.25, 0.3) is 0 Å². The Kier molecular flexibility index (Phi) is 5.31. The Morgan fingerprint density at radius 3 is 2.48 bits per heavy atom. The number of halogens is 4. The minimum absolute atomic E-state index is 0.191. The van der Waals surface area contributed by atoms with E-state index >= 15 is 0 Å². The molecule has 3 heterocycles. The van der Waals surface area contributed by atoms with Crippen LogP contribution in [0.4, 0.5) is 24.8 Å². The number of nitrogens with two attached hydrogens (primary N) is 1. The highest BCUT2D eigenvalue weighted by Gasteiger charge is 2.31. The molecule has 3 aromatic rings. The maximum atomic E-state index is 12.5. The lowest BCUT2D eigenvalue weighted by Gasteiger charge is -2.10. The number of hydrogen-bond acceptors (Lipinski definition) is 6. The van der Waals surface area contributed by atoms with Crippen LogP contribution >= 0.6 is 11.6 Å². The van der Waals surface area contributed by atoms with Gasteiger partial charge in [0.25, 0.3) is 0 Å². The smallest absolute Gasteiger partial charge is 0.433 e. The van der Waals surface area contributed by atoms with Crippen molar-refractivity contribution >= 4 is 23.2 Å². The number of alkyl halides is 3. The molecular formula is C17H13ClF3N5O. The first-order valence-corrected chi connectivity index (χ1v) is 8.00. The van der Waals surface area contributed by atoms with Gasteiger partial charge in [0.15, 0.2) is 11.6 Å². The minimum Gasteiger partial charge on any atom is -0.452 e. The van der Waals surface area contributed by atoms with Gasteiger partial charge in [0, 0.05) is 25.0 Å². The standard InChI is InChI=1S/C17H13ClF3N5O/c18-11-5-13(16(22)26-8-11)27-12-2-4-15(25-9-12)24-7-10-1-3-14(23-6-10)17(19,20)21/h1-6,8-9H,7H2,(H2,22,26)(H,24,25). The highest BCUT2D eigenvalue weighted by atomic mass is 35.5. The number of pyridine rings is 3. The summed E-state index contributed by atoms with van der Waals surface area (Å²) in [6.45, 7) is 0.267. The second-order valence-electron chi connectivity index (χ2n) is 5.42. The summed E-state index contributed by atoms with van der Waals surface area (Å²) < 4.78 is 43.1. The van der Waals surface area contributed by atoms with Crippen molar-refractivity contribution in [2.24, 2.45) is 0 Å². The predicted octanol–water partition coefficient (Wildman–Crippen LogP) is 4.53. The minimum atomic E-state index is -4.45. The largest absolute Gasteiger partial charge is 0.452 e. The van der Waals surface area contributed by atoms with Crippen LogP contribution in [0.1, 0.15) is 11.3 Å². The van der Waals surface area contributed by atoms with Crippen molar-refractivity contribution < 1.29 is 17.9 Å². The molecular weight excluding hydrogens is 383 g/mol. The van der Waals surface area contributed by atoms with Gasteiger partial charge < -0.3 is 15.8 Å². The van der Waals surface area contributed by atoms with Gasteiger partial charge in [-0.1, -0.05) is 17.7 Å². The van der Waals surface area contributed by atoms with E-state index in [1.807, 2.05) is 0 Å². The molecule has 0 saturated heterocycles. The fraction of sp³-hybridized carbons (Fsp3) is 0.118. The number of rotatable bonds is 5. The predicted molar refractivity (Wildman–Crippen MR) is 94.5 cm³/mol. The maximum absolute atomic E-state index is 12.5. The Hall–Kier alpha value is -3.07. The van der Waals surface area contributed by atoms with Crippen molar-refractivity contribution in [3.63, 3.8) is 0 Å². The number of nitrogens with zero attached hydrogens (tertiary/aromatic N) is 3. The van der Waals surface area contributed by atoms with Gasteiger partial charge in [-0.3, -0.25) is 4.98 Å². The Balaban J connectivity index is 1.60. The van der Waals surface area contributed by atoms with Gasteiger partial charge >= 0.3 is 6.18 Å². The molecule has 6 nitrogen and oxygen atoms in total. The first-order chi connectivity index (χ1) is 12.8. The zero-order chi connectivity index (χ0) is 19.4. The SMILES string of the molecule is Nc1ncc(Cl)cc1Oc1ccc(NCc2ccc(C(F)(F)F)nc2)nc1. The van der Waals surface area contributed by atoms with Gasteiger partial charge in [0.2, 0.25) is 0 Å². The fourth-order valence-electron chi connectivity index (χ4n) is 2.07. The van der Waals surface area contributed by atoms with Crippen molar-refractivity contribution in [3.05, 3.63) is 65.2 Å². The summed E-state index contributed by atoms with van der Waals surface area (Å²) in [5, 5.41) is 3.37. The third kappa shape index (κ3) is 4.98. The molecule has 3 aromatic heterocycles. The summed E-state index contributed by atoms with van der Waals surface area (Å²) in [5.41, 5.74) is 5.37. The quantitative estimate of drug-likeness (QED) is 0.660. The van der Waals surface area contributed by atoms with Crippen molar-refractivity contribution in [3.8, 4) is 11.5 Å². The molecule has 3 N–H and O–H groups in total. The summed E-state index contributed by atoms with van der Waals surface area (Å²) in [6.07, 6.45) is -0.410. The van der Waals surface area contributed by atoms with Gasteiger partial charge in [-0.2, -0.15) is 13.2 Å². The van der Waals surface area contributed by atoms with Crippen LogP contribution in [-0.4, -0.2) is 15.0 Å². The lowest BCUT2D eigenvalue weighted by molar-refractivity contribution is -0.141. The fourth-order valence-corrected chi connectivity index (χ4v) is 2.22. The highest BCUT2D eigenvalue weighted by Crippen LogP contribution is 2.29. The molecule has 0 aliphatic heterocycles. The Bertz CT molecular complexity index is 917. The number of nitrogens with one attached hydrogen (secondary N) is 1. The van der Waals surface area contributed by atoms with Gasteiger partial charge in [0.05, 0.1) is 11.2 Å². The average Bonchev–Trinajstić information content (AvgIpc) is 2.64. The van der Waals surface area contributed by atoms with Crippen LogP contribution in [0.3, 0.4) is 0 Å². The molecule has 0 radical (unpaired) electrons. The summed E-state index contributed by atoms with van der Waals surface area (Å²) in [5.74, 6) is 1.43. The molecule has 0 aromatic carbocycles. The molecule has 10 heteroatoms. The maximum Gasteiger partial charge on any atom is 0.433 e. The third-order valence-electron chi connectivity index (χ3n) is 3.40. The molecule has 0 atom stereocenters. The average molecular weight is 396 g/mol. The third-order valence-corrected chi connectivity index (χ3v) is 3.61. The van der Waals surface area contributed by atoms with Crippen LogP contribution in [0.15, 0.2) is 48.9 Å². The summed E-state index contributed by atoms with van der Waals surface area (Å²) in [4.78, 5) is 11.5. The zero-order valence-electron chi connectivity index (χ0n) is 13.7. The molecule has 0 fully saturated rings. The summed E-state index contributed by atoms with van der Waals surface area (Å²) in [7, 11) is 0. The van der Waals surface area contributed by atoms with E-state index in [1.165, 1.54) is 30.7 Å². The van der Waals surface area contributed by atoms with Gasteiger partial charge in [-0.15, -0.1) is 0 Å². The van der Waals surface area contributed by atoms with Crippen molar-refractivity contribution in [2.45, 2.75) is 12.7 Å². The number of aromatic nitrogens is 3. The molecule has 0 aliphatic carbocycles. The van der Waals surface area contributed by atoms with E-state index in [0.717, 1.165) is 6.07 Å². The molecule has 0 saturated carbocycles. The molecule has 140 valence electrons. The second kappa shape index (κ2) is 7.67. The Morgan fingerprint density at radius 2 is 1.85 bits per heavy atom. The van der Waals surface area contributed by atoms with E-state index in [0.29, 0.717) is 27.9 Å². The monoisotopic (exact) mass is 395 g/mol. The van der Waals surface area contributed by atoms with Crippen molar-refractivity contribution in [1.29, 1.82) is 0 Å². The van der Waals surface area contributed by atoms with Crippen LogP contribution in [0.2, 0.25) is 5.02 Å². The number of nitrogen functional groups attached to an aromatic ring is 1. The van der Waals surface area contributed by atoms with E-state index in [4.69, 9.17) is 22.1 Å². The first-order valence-electron chi connectivity index (χ1n) is 7.62. The number of anilines is 2. The molecule has 27 heavy (non-hydrogen) atoms. The first kappa shape index (κ1) is 18.7. The van der Waals surface area contributed by atoms with Gasteiger partial charge in [-0.25, -0.2) is 9.97 Å². The van der Waals surface area contributed by atoms with E-state index < -0.39 is 11.9 Å². The van der Waals surface area contributed by atoms with Gasteiger partial charge in [0.1, 0.15) is 17.3 Å². The van der Waals surface area contributed by atoms with Gasteiger partial charge in [-0.05, 0) is 23.8 Å². The van der Waals surface area contributed by atoms with Crippen LogP contribution in [0, 0.1) is 0 Å². The van der Waals surface area contributed by atoms with E-state index in [1.54, 1.807) is 12.1 Å².